The summed E-state index contributed by atoms with van der Waals surface area (Å²) in [6.07, 6.45) is 3.40. The van der Waals surface area contributed by atoms with Crippen LogP contribution >= 0.6 is 0 Å². The van der Waals surface area contributed by atoms with E-state index in [9.17, 15) is 4.79 Å². The molecule has 100 valence electrons. The largest absolute Gasteiger partial charge is 0.379 e. The molecule has 0 spiro atoms. The lowest BCUT2D eigenvalue weighted by molar-refractivity contribution is -0.119. The van der Waals surface area contributed by atoms with E-state index in [0.717, 1.165) is 17.1 Å². The smallest absolute Gasteiger partial charge is 0.250 e. The topological polar surface area (TPSA) is 79.0 Å². The first-order valence-electron chi connectivity index (χ1n) is 5.88. The molecule has 0 radical (unpaired) electrons. The lowest BCUT2D eigenvalue weighted by Gasteiger charge is -2.08. The van der Waals surface area contributed by atoms with Crippen molar-refractivity contribution in [2.24, 2.45) is 0 Å². The van der Waals surface area contributed by atoms with Gasteiger partial charge < -0.3 is 20.4 Å². The Hall–Kier alpha value is -2.34. The Bertz CT molecular complexity index is 525. The van der Waals surface area contributed by atoms with Crippen molar-refractivity contribution in [3.05, 3.63) is 42.5 Å². The van der Waals surface area contributed by atoms with Crippen LogP contribution in [0.25, 0.3) is 0 Å². The van der Waals surface area contributed by atoms with E-state index in [0.29, 0.717) is 6.54 Å². The molecule has 0 atom stereocenters. The van der Waals surface area contributed by atoms with Crippen molar-refractivity contribution in [1.29, 1.82) is 0 Å². The summed E-state index contributed by atoms with van der Waals surface area (Å²) in [5, 5.41) is 5.99. The molecule has 0 saturated carbocycles. The minimum Gasteiger partial charge on any atom is -0.379 e. The average Bonchev–Trinajstić information content (AvgIpc) is 2.90. The predicted molar refractivity (Wildman–Crippen MR) is 72.9 cm³/mol. The van der Waals surface area contributed by atoms with Crippen LogP contribution in [-0.2, 0) is 16.1 Å². The molecule has 6 nitrogen and oxygen atoms in total. The Kier molecular flexibility index (Phi) is 4.52. The summed E-state index contributed by atoms with van der Waals surface area (Å²) in [6.45, 7) is 0.696. The average molecular weight is 260 g/mol. The number of hydrogen-bond acceptors (Lipinski definition) is 4. The minimum atomic E-state index is -0.173. The van der Waals surface area contributed by atoms with E-state index in [1.165, 1.54) is 7.11 Å². The third-order valence-corrected chi connectivity index (χ3v) is 2.46. The number of carbonyl (C=O) groups excluding carboxylic acids is 1. The number of nitrogens with one attached hydrogen (secondary N) is 3. The fourth-order valence-electron chi connectivity index (χ4n) is 1.61. The van der Waals surface area contributed by atoms with Gasteiger partial charge in [0.05, 0.1) is 18.6 Å². The van der Waals surface area contributed by atoms with Crippen LogP contribution in [0.15, 0.2) is 36.8 Å². The second-order valence-corrected chi connectivity index (χ2v) is 3.99. The molecule has 0 saturated heterocycles. The highest BCUT2D eigenvalue weighted by Crippen LogP contribution is 2.15. The van der Waals surface area contributed by atoms with Crippen molar-refractivity contribution in [2.45, 2.75) is 6.54 Å². The molecule has 0 unspecified atom stereocenters. The molecule has 0 bridgehead atoms. The molecule has 1 aromatic heterocycles. The van der Waals surface area contributed by atoms with Crippen molar-refractivity contribution in [2.75, 3.05) is 24.4 Å². The molecular formula is C13H16N4O2. The Morgan fingerprint density at radius 1 is 1.42 bits per heavy atom. The van der Waals surface area contributed by atoms with Crippen molar-refractivity contribution in [1.82, 2.24) is 9.97 Å². The van der Waals surface area contributed by atoms with Crippen LogP contribution in [-0.4, -0.2) is 29.6 Å². The zero-order valence-electron chi connectivity index (χ0n) is 10.6. The second kappa shape index (κ2) is 6.55. The summed E-state index contributed by atoms with van der Waals surface area (Å²) in [5.41, 5.74) is 2.65. The first-order chi connectivity index (χ1) is 9.28. The van der Waals surface area contributed by atoms with Gasteiger partial charge in [0, 0.05) is 24.7 Å². The number of amides is 1. The fraction of sp³-hybridized carbons (Fsp3) is 0.231. The van der Waals surface area contributed by atoms with Crippen molar-refractivity contribution >= 4 is 17.3 Å². The number of aromatic nitrogens is 2. The molecule has 0 aliphatic rings. The van der Waals surface area contributed by atoms with E-state index in [-0.39, 0.29) is 12.5 Å². The van der Waals surface area contributed by atoms with Crippen LogP contribution in [0.1, 0.15) is 5.69 Å². The van der Waals surface area contributed by atoms with Crippen LogP contribution in [0, 0.1) is 0 Å². The Morgan fingerprint density at radius 2 is 2.26 bits per heavy atom. The van der Waals surface area contributed by atoms with Gasteiger partial charge in [-0.1, -0.05) is 6.07 Å². The van der Waals surface area contributed by atoms with Gasteiger partial charge in [0.25, 0.3) is 0 Å². The Balaban J connectivity index is 1.93. The number of rotatable bonds is 6. The molecule has 0 aliphatic heterocycles. The van der Waals surface area contributed by atoms with E-state index >= 15 is 0 Å². The lowest BCUT2D eigenvalue weighted by atomic mass is 10.2. The summed E-state index contributed by atoms with van der Waals surface area (Å²) < 4.78 is 4.76. The Labute approximate surface area is 111 Å². The van der Waals surface area contributed by atoms with E-state index in [1.54, 1.807) is 12.5 Å². The van der Waals surface area contributed by atoms with Crippen LogP contribution < -0.4 is 10.6 Å². The van der Waals surface area contributed by atoms with E-state index in [2.05, 4.69) is 20.6 Å². The van der Waals surface area contributed by atoms with Gasteiger partial charge in [0.15, 0.2) is 0 Å². The van der Waals surface area contributed by atoms with Crippen LogP contribution in [0.2, 0.25) is 0 Å². The van der Waals surface area contributed by atoms with Gasteiger partial charge in [-0.2, -0.15) is 0 Å². The summed E-state index contributed by atoms with van der Waals surface area (Å²) >= 11 is 0. The van der Waals surface area contributed by atoms with Gasteiger partial charge in [-0.25, -0.2) is 4.98 Å². The van der Waals surface area contributed by atoms with Crippen LogP contribution in [0.5, 0.6) is 0 Å². The molecule has 19 heavy (non-hydrogen) atoms. The van der Waals surface area contributed by atoms with Gasteiger partial charge in [-0.15, -0.1) is 0 Å². The third kappa shape index (κ3) is 4.11. The fourth-order valence-corrected chi connectivity index (χ4v) is 1.61. The van der Waals surface area contributed by atoms with Crippen molar-refractivity contribution in [3.63, 3.8) is 0 Å². The van der Waals surface area contributed by atoms with Crippen LogP contribution in [0.4, 0.5) is 11.4 Å². The normalized spacial score (nSPS) is 10.2. The lowest BCUT2D eigenvalue weighted by Crippen LogP contribution is -2.17. The Morgan fingerprint density at radius 3 is 3.00 bits per heavy atom. The van der Waals surface area contributed by atoms with Crippen molar-refractivity contribution < 1.29 is 9.53 Å². The van der Waals surface area contributed by atoms with Crippen molar-refractivity contribution in [3.8, 4) is 0 Å². The number of benzene rings is 1. The van der Waals surface area contributed by atoms with Crippen LogP contribution in [0.3, 0.4) is 0 Å². The quantitative estimate of drug-likeness (QED) is 0.737. The number of nitrogens with zero attached hydrogens (tertiary/aromatic N) is 1. The number of hydrogen-bond donors (Lipinski definition) is 3. The standard InChI is InChI=1S/C13H16N4O2/c1-19-8-13(18)17-11-4-2-3-10(5-11)15-7-12-6-14-9-16-12/h2-6,9,15H,7-8H2,1H3,(H,14,16)(H,17,18). The van der Waals surface area contributed by atoms with E-state index in [1.807, 2.05) is 24.3 Å². The summed E-state index contributed by atoms with van der Waals surface area (Å²) in [6, 6.07) is 7.50. The maximum atomic E-state index is 11.4. The third-order valence-electron chi connectivity index (χ3n) is 2.46. The maximum absolute atomic E-state index is 11.4. The highest BCUT2D eigenvalue weighted by atomic mass is 16.5. The van der Waals surface area contributed by atoms with Gasteiger partial charge in [0.2, 0.25) is 5.91 Å². The molecule has 2 rings (SSSR count). The molecule has 6 heteroatoms. The molecule has 1 amide bonds. The summed E-state index contributed by atoms with van der Waals surface area (Å²) in [5.74, 6) is -0.173. The second-order valence-electron chi connectivity index (χ2n) is 3.99. The number of anilines is 2. The van der Waals surface area contributed by atoms with Gasteiger partial charge in [0.1, 0.15) is 6.61 Å². The SMILES string of the molecule is COCC(=O)Nc1cccc(NCc2cnc[nH]2)c1. The molecule has 2 aromatic rings. The molecular weight excluding hydrogens is 244 g/mol. The molecule has 1 heterocycles. The maximum Gasteiger partial charge on any atom is 0.250 e. The number of methoxy groups -OCH3 is 1. The van der Waals surface area contributed by atoms with E-state index in [4.69, 9.17) is 4.74 Å². The first kappa shape index (κ1) is 13.1. The number of carbonyl (C=O) groups is 1. The monoisotopic (exact) mass is 260 g/mol. The highest BCUT2D eigenvalue weighted by molar-refractivity contribution is 5.92. The summed E-state index contributed by atoms with van der Waals surface area (Å²) in [4.78, 5) is 18.4. The van der Waals surface area contributed by atoms with Gasteiger partial charge >= 0.3 is 0 Å². The molecule has 0 fully saturated rings. The first-order valence-corrected chi connectivity index (χ1v) is 5.88. The molecule has 1 aromatic carbocycles. The predicted octanol–water partition coefficient (Wildman–Crippen LogP) is 1.61. The van der Waals surface area contributed by atoms with Gasteiger partial charge in [-0.05, 0) is 18.2 Å². The highest BCUT2D eigenvalue weighted by Gasteiger charge is 2.02. The van der Waals surface area contributed by atoms with Gasteiger partial charge in [-0.3, -0.25) is 4.79 Å². The number of imidazole rings is 1. The molecule has 0 aliphatic carbocycles. The van der Waals surface area contributed by atoms with E-state index < -0.39 is 0 Å². The zero-order chi connectivity index (χ0) is 13.5. The number of aromatic amines is 1. The molecule has 3 N–H and O–H groups in total. The number of H-pyrrole nitrogens is 1. The zero-order valence-corrected chi connectivity index (χ0v) is 10.6. The summed E-state index contributed by atoms with van der Waals surface area (Å²) in [7, 11) is 1.49. The number of ether oxygens (including phenoxy) is 1. The minimum absolute atomic E-state index is 0.0474.